The smallest absolute Gasteiger partial charge is 0.408 e. The third-order valence-electron chi connectivity index (χ3n) is 2.93. The number of rotatable bonds is 2. The summed E-state index contributed by atoms with van der Waals surface area (Å²) in [6.45, 7) is 0.364. The molecule has 6 nitrogen and oxygen atoms in total. The first-order valence-electron chi connectivity index (χ1n) is 5.53. The van der Waals surface area contributed by atoms with Crippen LogP contribution in [0.4, 0.5) is 0 Å². The Morgan fingerprint density at radius 2 is 2.33 bits per heavy atom. The fraction of sp³-hybridized carbons (Fsp3) is 0.167. The van der Waals surface area contributed by atoms with Crippen molar-refractivity contribution in [1.29, 1.82) is 0 Å². The molecule has 0 aliphatic heterocycles. The van der Waals surface area contributed by atoms with Gasteiger partial charge in [0.25, 0.3) is 0 Å². The molecule has 0 aliphatic carbocycles. The van der Waals surface area contributed by atoms with Crippen molar-refractivity contribution in [3.8, 4) is 11.3 Å². The molecule has 0 amide bonds. The number of H-pyrrole nitrogens is 1. The Bertz CT molecular complexity index is 766. The molecule has 2 heterocycles. The van der Waals surface area contributed by atoms with Gasteiger partial charge in [0.2, 0.25) is 0 Å². The van der Waals surface area contributed by atoms with Crippen LogP contribution in [0.3, 0.4) is 0 Å². The summed E-state index contributed by atoms with van der Waals surface area (Å²) in [4.78, 5) is 18.6. The lowest BCUT2D eigenvalue weighted by molar-refractivity contribution is 0.528. The molecule has 0 saturated heterocycles. The molecule has 2 aromatic heterocycles. The molecule has 0 fully saturated rings. The minimum absolute atomic E-state index is 0.364. The summed E-state index contributed by atoms with van der Waals surface area (Å²) in [6, 6.07) is 5.56. The number of hydrogen-bond donors (Lipinski definition) is 2. The molecule has 0 aliphatic rings. The van der Waals surface area contributed by atoms with Crippen LogP contribution in [0, 0.1) is 0 Å². The minimum Gasteiger partial charge on any atom is -0.408 e. The molecule has 3 aromatic rings. The van der Waals surface area contributed by atoms with Gasteiger partial charge >= 0.3 is 5.76 Å². The van der Waals surface area contributed by atoms with E-state index in [1.54, 1.807) is 13.2 Å². The maximum atomic E-state index is 11.4. The fourth-order valence-corrected chi connectivity index (χ4v) is 1.91. The van der Waals surface area contributed by atoms with E-state index in [9.17, 15) is 4.79 Å². The van der Waals surface area contributed by atoms with E-state index < -0.39 is 0 Å². The zero-order valence-corrected chi connectivity index (χ0v) is 9.80. The normalized spacial score (nSPS) is 11.2. The summed E-state index contributed by atoms with van der Waals surface area (Å²) in [5.74, 6) is 0.356. The molecule has 3 rings (SSSR count). The summed E-state index contributed by atoms with van der Waals surface area (Å²) in [7, 11) is 1.68. The minimum atomic E-state index is -0.366. The number of aromatic nitrogens is 3. The van der Waals surface area contributed by atoms with Crippen LogP contribution in [0.1, 0.15) is 5.82 Å². The van der Waals surface area contributed by atoms with Gasteiger partial charge in [0, 0.05) is 12.6 Å². The first-order valence-corrected chi connectivity index (χ1v) is 5.53. The van der Waals surface area contributed by atoms with Gasteiger partial charge in [-0.1, -0.05) is 6.07 Å². The molecule has 3 N–H and O–H groups in total. The van der Waals surface area contributed by atoms with Gasteiger partial charge < -0.3 is 15.1 Å². The first kappa shape index (κ1) is 10.8. The molecule has 18 heavy (non-hydrogen) atoms. The second-order valence-electron chi connectivity index (χ2n) is 4.06. The average molecular weight is 244 g/mol. The second kappa shape index (κ2) is 3.85. The summed E-state index contributed by atoms with van der Waals surface area (Å²) in [5.41, 5.74) is 8.58. The Balaban J connectivity index is 2.16. The molecule has 0 spiro atoms. The van der Waals surface area contributed by atoms with Crippen LogP contribution in [0.25, 0.3) is 22.4 Å². The molecular weight excluding hydrogens is 232 g/mol. The van der Waals surface area contributed by atoms with Gasteiger partial charge in [-0.3, -0.25) is 4.57 Å². The molecule has 0 radical (unpaired) electrons. The number of nitrogens with two attached hydrogens (primary N) is 1. The summed E-state index contributed by atoms with van der Waals surface area (Å²) in [5, 5.41) is 0. The first-order chi connectivity index (χ1) is 8.69. The highest BCUT2D eigenvalue weighted by Gasteiger charge is 2.08. The highest BCUT2D eigenvalue weighted by atomic mass is 16.4. The Hall–Kier alpha value is -2.34. The van der Waals surface area contributed by atoms with Crippen molar-refractivity contribution >= 4 is 11.1 Å². The molecule has 92 valence electrons. The van der Waals surface area contributed by atoms with Crippen molar-refractivity contribution in [2.45, 2.75) is 6.54 Å². The van der Waals surface area contributed by atoms with Crippen LogP contribution < -0.4 is 11.5 Å². The predicted molar refractivity (Wildman–Crippen MR) is 66.9 cm³/mol. The lowest BCUT2D eigenvalue weighted by Crippen LogP contribution is -2.08. The maximum Gasteiger partial charge on any atom is 0.419 e. The van der Waals surface area contributed by atoms with Crippen LogP contribution >= 0.6 is 0 Å². The van der Waals surface area contributed by atoms with Crippen LogP contribution in [-0.2, 0) is 13.6 Å². The molecule has 0 bridgehead atoms. The third-order valence-corrected chi connectivity index (χ3v) is 2.93. The monoisotopic (exact) mass is 244 g/mol. The molecule has 0 atom stereocenters. The van der Waals surface area contributed by atoms with E-state index in [-0.39, 0.29) is 5.76 Å². The maximum absolute atomic E-state index is 11.4. The van der Waals surface area contributed by atoms with Crippen LogP contribution in [0.5, 0.6) is 0 Å². The van der Waals surface area contributed by atoms with E-state index >= 15 is 0 Å². The Morgan fingerprint density at radius 1 is 1.50 bits per heavy atom. The Kier molecular flexibility index (Phi) is 2.31. The van der Waals surface area contributed by atoms with E-state index in [0.29, 0.717) is 12.1 Å². The Labute approximate surface area is 102 Å². The SMILES string of the molecule is Cn1c(=O)oc2cc(-c3cnc(CN)[nH]3)ccc21. The van der Waals surface area contributed by atoms with Gasteiger partial charge in [0.1, 0.15) is 5.82 Å². The molecule has 6 heteroatoms. The highest BCUT2D eigenvalue weighted by Crippen LogP contribution is 2.22. The number of oxazole rings is 1. The van der Waals surface area contributed by atoms with E-state index in [0.717, 1.165) is 22.6 Å². The quantitative estimate of drug-likeness (QED) is 0.703. The standard InChI is InChI=1S/C12H12N4O2/c1-16-9-3-2-7(4-10(9)18-12(16)17)8-6-14-11(5-13)15-8/h2-4,6H,5,13H2,1H3,(H,14,15). The van der Waals surface area contributed by atoms with Crippen molar-refractivity contribution in [1.82, 2.24) is 14.5 Å². The van der Waals surface area contributed by atoms with Gasteiger partial charge in [-0.15, -0.1) is 0 Å². The zero-order valence-electron chi connectivity index (χ0n) is 9.80. The van der Waals surface area contributed by atoms with E-state index in [4.69, 9.17) is 10.2 Å². The van der Waals surface area contributed by atoms with E-state index in [1.165, 1.54) is 4.57 Å². The Morgan fingerprint density at radius 3 is 3.06 bits per heavy atom. The van der Waals surface area contributed by atoms with Gasteiger partial charge in [-0.2, -0.15) is 0 Å². The summed E-state index contributed by atoms with van der Waals surface area (Å²) in [6.07, 6.45) is 1.71. The third kappa shape index (κ3) is 1.54. The van der Waals surface area contributed by atoms with Gasteiger partial charge in [0.05, 0.1) is 24.0 Å². The van der Waals surface area contributed by atoms with Crippen LogP contribution in [0.2, 0.25) is 0 Å². The molecular formula is C12H12N4O2. The molecule has 0 saturated carbocycles. The van der Waals surface area contributed by atoms with Gasteiger partial charge in [0.15, 0.2) is 5.58 Å². The van der Waals surface area contributed by atoms with Gasteiger partial charge in [-0.05, 0) is 12.1 Å². The number of nitrogens with zero attached hydrogens (tertiary/aromatic N) is 2. The number of hydrogen-bond acceptors (Lipinski definition) is 4. The number of aromatic amines is 1. The number of imidazole rings is 1. The second-order valence-corrected chi connectivity index (χ2v) is 4.06. The van der Waals surface area contributed by atoms with Crippen molar-refractivity contribution < 1.29 is 4.42 Å². The van der Waals surface area contributed by atoms with Crippen molar-refractivity contribution in [3.63, 3.8) is 0 Å². The van der Waals surface area contributed by atoms with E-state index in [2.05, 4.69) is 9.97 Å². The van der Waals surface area contributed by atoms with Crippen molar-refractivity contribution in [2.24, 2.45) is 12.8 Å². The number of aryl methyl sites for hydroxylation is 1. The zero-order chi connectivity index (χ0) is 12.7. The number of benzene rings is 1. The molecule has 1 aromatic carbocycles. The largest absolute Gasteiger partial charge is 0.419 e. The lowest BCUT2D eigenvalue weighted by atomic mass is 10.1. The van der Waals surface area contributed by atoms with Crippen molar-refractivity contribution in [2.75, 3.05) is 0 Å². The molecule has 0 unspecified atom stereocenters. The average Bonchev–Trinajstić information content (AvgIpc) is 2.95. The van der Waals surface area contributed by atoms with Crippen LogP contribution in [-0.4, -0.2) is 14.5 Å². The topological polar surface area (TPSA) is 89.8 Å². The van der Waals surface area contributed by atoms with Gasteiger partial charge in [-0.25, -0.2) is 9.78 Å². The summed E-state index contributed by atoms with van der Waals surface area (Å²) < 4.78 is 6.61. The lowest BCUT2D eigenvalue weighted by Gasteiger charge is -1.97. The van der Waals surface area contributed by atoms with Crippen LogP contribution in [0.15, 0.2) is 33.6 Å². The number of nitrogens with one attached hydrogen (secondary N) is 1. The van der Waals surface area contributed by atoms with Crippen molar-refractivity contribution in [3.05, 3.63) is 40.8 Å². The van der Waals surface area contributed by atoms with E-state index in [1.807, 2.05) is 18.2 Å². The number of fused-ring (bicyclic) bond motifs is 1. The predicted octanol–water partition coefficient (Wildman–Crippen LogP) is 0.980. The summed E-state index contributed by atoms with van der Waals surface area (Å²) >= 11 is 0. The fourth-order valence-electron chi connectivity index (χ4n) is 1.91. The highest BCUT2D eigenvalue weighted by molar-refractivity contribution is 5.79.